The van der Waals surface area contributed by atoms with Crippen molar-refractivity contribution in [2.24, 2.45) is 14.1 Å². The fourth-order valence-electron chi connectivity index (χ4n) is 0.815. The van der Waals surface area contributed by atoms with Crippen molar-refractivity contribution < 1.29 is 9.49 Å². The number of aromatic nitrogens is 2. The van der Waals surface area contributed by atoms with E-state index in [-0.39, 0.29) is 5.82 Å². The van der Waals surface area contributed by atoms with Crippen LogP contribution in [0.3, 0.4) is 0 Å². The van der Waals surface area contributed by atoms with E-state index in [1.165, 1.54) is 10.8 Å². The summed E-state index contributed by atoms with van der Waals surface area (Å²) in [7, 11) is 3.38. The van der Waals surface area contributed by atoms with Gasteiger partial charge in [-0.1, -0.05) is 0 Å². The van der Waals surface area contributed by atoms with E-state index in [1.807, 2.05) is 0 Å². The van der Waals surface area contributed by atoms with E-state index in [0.29, 0.717) is 0 Å². The molecule has 1 aromatic heterocycles. The van der Waals surface area contributed by atoms with Gasteiger partial charge in [-0.3, -0.25) is 0 Å². The summed E-state index contributed by atoms with van der Waals surface area (Å²) in [5.41, 5.74) is 0. The van der Waals surface area contributed by atoms with Crippen LogP contribution in [0, 0.1) is 10.1 Å². The highest BCUT2D eigenvalue weighted by molar-refractivity contribution is 5.09. The first-order valence-electron chi connectivity index (χ1n) is 2.77. The molecule has 0 unspecified atom stereocenters. The molecule has 0 aliphatic carbocycles. The van der Waals surface area contributed by atoms with Crippen LogP contribution in [0.2, 0.25) is 0 Å². The van der Waals surface area contributed by atoms with Crippen LogP contribution in [0.1, 0.15) is 0 Å². The molecule has 0 spiro atoms. The molecule has 0 N–H and O–H groups in total. The molecule has 0 amide bonds. The molecular formula is C5H8N3O2+. The summed E-state index contributed by atoms with van der Waals surface area (Å²) in [6.45, 7) is 0. The van der Waals surface area contributed by atoms with Gasteiger partial charge in [-0.05, 0) is 4.92 Å². The molecule has 0 aromatic carbocycles. The summed E-state index contributed by atoms with van der Waals surface area (Å²) >= 11 is 0. The molecule has 1 heterocycles. The summed E-state index contributed by atoms with van der Waals surface area (Å²) < 4.78 is 3.10. The predicted octanol–water partition coefficient (Wildman–Crippen LogP) is -0.242. The molecule has 1 aromatic rings. The summed E-state index contributed by atoms with van der Waals surface area (Å²) in [6, 6.07) is 0. The number of hydrogen-bond donors (Lipinski definition) is 0. The lowest BCUT2D eigenvalue weighted by molar-refractivity contribution is -0.672. The Balaban J connectivity index is 3.15. The van der Waals surface area contributed by atoms with Gasteiger partial charge in [0.05, 0.1) is 14.1 Å². The van der Waals surface area contributed by atoms with Crippen molar-refractivity contribution in [2.75, 3.05) is 0 Å². The Labute approximate surface area is 57.7 Å². The maximum atomic E-state index is 10.2. The average Bonchev–Trinajstić information content (AvgIpc) is 2.10. The zero-order valence-electron chi connectivity index (χ0n) is 5.81. The van der Waals surface area contributed by atoms with Crippen LogP contribution in [0.25, 0.3) is 0 Å². The molecule has 1 rings (SSSR count). The van der Waals surface area contributed by atoms with Gasteiger partial charge in [0.1, 0.15) is 0 Å². The molecular weight excluding hydrogens is 134 g/mol. The predicted molar refractivity (Wildman–Crippen MR) is 33.2 cm³/mol. The van der Waals surface area contributed by atoms with Crippen molar-refractivity contribution in [3.8, 4) is 0 Å². The van der Waals surface area contributed by atoms with E-state index in [1.54, 1.807) is 25.0 Å². The lowest BCUT2D eigenvalue weighted by atomic mass is 10.7. The van der Waals surface area contributed by atoms with Gasteiger partial charge in [-0.25, -0.2) is 4.57 Å². The normalized spacial score (nSPS) is 9.80. The molecule has 54 valence electrons. The van der Waals surface area contributed by atoms with Crippen LogP contribution in [0.15, 0.2) is 12.5 Å². The van der Waals surface area contributed by atoms with Crippen LogP contribution in [-0.4, -0.2) is 9.49 Å². The van der Waals surface area contributed by atoms with E-state index < -0.39 is 4.92 Å². The highest BCUT2D eigenvalue weighted by atomic mass is 16.6. The maximum absolute atomic E-state index is 10.2. The van der Waals surface area contributed by atoms with Crippen molar-refractivity contribution in [2.45, 2.75) is 0 Å². The van der Waals surface area contributed by atoms with Crippen LogP contribution in [0.4, 0.5) is 5.82 Å². The zero-order valence-corrected chi connectivity index (χ0v) is 5.81. The van der Waals surface area contributed by atoms with E-state index >= 15 is 0 Å². The van der Waals surface area contributed by atoms with Crippen LogP contribution in [0.5, 0.6) is 0 Å². The highest BCUT2D eigenvalue weighted by Crippen LogP contribution is 2.03. The van der Waals surface area contributed by atoms with Crippen molar-refractivity contribution in [1.82, 2.24) is 4.57 Å². The lowest BCUT2D eigenvalue weighted by Gasteiger charge is -1.88. The largest absolute Gasteiger partial charge is 0.364 e. The molecule has 0 radical (unpaired) electrons. The molecule has 10 heavy (non-hydrogen) atoms. The lowest BCUT2D eigenvalue weighted by Crippen LogP contribution is -2.23. The third-order valence-corrected chi connectivity index (χ3v) is 1.22. The smallest absolute Gasteiger partial charge is 0.358 e. The Kier molecular flexibility index (Phi) is 1.41. The summed E-state index contributed by atoms with van der Waals surface area (Å²) in [5, 5.41) is 10.2. The van der Waals surface area contributed by atoms with E-state index in [0.717, 1.165) is 0 Å². The van der Waals surface area contributed by atoms with Crippen molar-refractivity contribution in [3.05, 3.63) is 22.6 Å². The Bertz CT molecular complexity index is 266. The van der Waals surface area contributed by atoms with Gasteiger partial charge in [0, 0.05) is 0 Å². The van der Waals surface area contributed by atoms with Gasteiger partial charge >= 0.3 is 5.82 Å². The van der Waals surface area contributed by atoms with Crippen LogP contribution in [-0.2, 0) is 14.1 Å². The molecule has 5 heteroatoms. The second-order valence-electron chi connectivity index (χ2n) is 2.14. The minimum absolute atomic E-state index is 0.0995. The SMILES string of the molecule is Cn1c[n+](C)cc1[N+](=O)[O-]. The number of nitro groups is 1. The quantitative estimate of drug-likeness (QED) is 0.308. The van der Waals surface area contributed by atoms with Gasteiger partial charge in [-0.15, -0.1) is 0 Å². The van der Waals surface area contributed by atoms with Gasteiger partial charge in [0.25, 0.3) is 0 Å². The fourth-order valence-corrected chi connectivity index (χ4v) is 0.815. The average molecular weight is 142 g/mol. The van der Waals surface area contributed by atoms with E-state index in [4.69, 9.17) is 0 Å². The molecule has 0 fully saturated rings. The second kappa shape index (κ2) is 2.09. The first-order chi connectivity index (χ1) is 4.61. The second-order valence-corrected chi connectivity index (χ2v) is 2.14. The van der Waals surface area contributed by atoms with Gasteiger partial charge < -0.3 is 10.1 Å². The minimum atomic E-state index is -0.417. The molecule has 0 saturated carbocycles. The topological polar surface area (TPSA) is 52.0 Å². The van der Waals surface area contributed by atoms with Gasteiger partial charge in [0.15, 0.2) is 6.20 Å². The standard InChI is InChI=1S/C5H8N3O2/c1-6-3-5(8(9)10)7(2)4-6/h3-4H,1-2H3/q+1. The third-order valence-electron chi connectivity index (χ3n) is 1.22. The van der Waals surface area contributed by atoms with E-state index in [9.17, 15) is 10.1 Å². The van der Waals surface area contributed by atoms with Crippen molar-refractivity contribution in [3.63, 3.8) is 0 Å². The summed E-state index contributed by atoms with van der Waals surface area (Å²) in [5.74, 6) is 0.0995. The van der Waals surface area contributed by atoms with Gasteiger partial charge in [-0.2, -0.15) is 4.57 Å². The monoisotopic (exact) mass is 142 g/mol. The summed E-state index contributed by atoms with van der Waals surface area (Å²) in [6.07, 6.45) is 3.10. The number of hydrogen-bond acceptors (Lipinski definition) is 2. The van der Waals surface area contributed by atoms with Crippen molar-refractivity contribution in [1.29, 1.82) is 0 Å². The Morgan fingerprint density at radius 2 is 2.40 bits per heavy atom. The Hall–Kier alpha value is -1.39. The molecule has 0 aliphatic heterocycles. The van der Waals surface area contributed by atoms with Crippen LogP contribution < -0.4 is 4.57 Å². The maximum Gasteiger partial charge on any atom is 0.364 e. The number of aryl methyl sites for hydroxylation is 2. The Morgan fingerprint density at radius 3 is 2.60 bits per heavy atom. The minimum Gasteiger partial charge on any atom is -0.358 e. The first-order valence-corrected chi connectivity index (χ1v) is 2.77. The molecule has 0 aliphatic rings. The molecule has 5 nitrogen and oxygen atoms in total. The summed E-state index contributed by atoms with van der Waals surface area (Å²) in [4.78, 5) is 9.79. The number of nitrogens with zero attached hydrogens (tertiary/aromatic N) is 3. The molecule has 0 saturated heterocycles. The highest BCUT2D eigenvalue weighted by Gasteiger charge is 2.11. The van der Waals surface area contributed by atoms with Gasteiger partial charge in [0.2, 0.25) is 6.33 Å². The number of imidazole rings is 1. The van der Waals surface area contributed by atoms with Crippen LogP contribution >= 0.6 is 0 Å². The molecule has 0 bridgehead atoms. The zero-order chi connectivity index (χ0) is 7.72. The fraction of sp³-hybridized carbons (Fsp3) is 0.400. The third kappa shape index (κ3) is 0.975. The number of rotatable bonds is 1. The molecule has 0 atom stereocenters. The van der Waals surface area contributed by atoms with E-state index in [2.05, 4.69) is 0 Å². The first kappa shape index (κ1) is 6.73. The van der Waals surface area contributed by atoms with Crippen molar-refractivity contribution >= 4 is 5.82 Å². The Morgan fingerprint density at radius 1 is 1.80 bits per heavy atom.